The molecule has 166 valence electrons. The van der Waals surface area contributed by atoms with Crippen molar-refractivity contribution >= 4 is 39.2 Å². The Hall–Kier alpha value is -2.84. The van der Waals surface area contributed by atoms with Gasteiger partial charge in [0.05, 0.1) is 27.7 Å². The molecule has 7 nitrogen and oxygen atoms in total. The summed E-state index contributed by atoms with van der Waals surface area (Å²) in [6, 6.07) is 12.1. The number of carbonyl (C=O) groups is 2. The molecule has 1 unspecified atom stereocenters. The molecule has 0 saturated carbocycles. The van der Waals surface area contributed by atoms with Crippen LogP contribution in [0.3, 0.4) is 0 Å². The predicted molar refractivity (Wildman–Crippen MR) is 121 cm³/mol. The standard InChI is InChI=1S/C22H25ClN2O5S/c1-5-13-25(17-9-7-6-8-10-17)31(28,29)18-11-12-20(23)19(14-18)22(27)30-16(4)21(26)24-15(2)3/h5-12,14-16H,1,13H2,2-4H3,(H,24,26). The minimum Gasteiger partial charge on any atom is -0.449 e. The third kappa shape index (κ3) is 6.08. The number of nitrogens with zero attached hydrogens (tertiary/aromatic N) is 1. The van der Waals surface area contributed by atoms with Crippen molar-refractivity contribution in [1.82, 2.24) is 5.32 Å². The molecule has 31 heavy (non-hydrogen) atoms. The van der Waals surface area contributed by atoms with E-state index in [0.29, 0.717) is 5.69 Å². The first kappa shape index (κ1) is 24.4. The molecule has 0 aromatic heterocycles. The number of hydrogen-bond acceptors (Lipinski definition) is 5. The Labute approximate surface area is 187 Å². The molecule has 0 aliphatic rings. The lowest BCUT2D eigenvalue weighted by Gasteiger charge is -2.23. The number of amides is 1. The summed E-state index contributed by atoms with van der Waals surface area (Å²) in [6.45, 7) is 8.63. The van der Waals surface area contributed by atoms with E-state index in [0.717, 1.165) is 10.4 Å². The molecule has 0 aliphatic carbocycles. The molecule has 1 N–H and O–H groups in total. The fraction of sp³-hybridized carbons (Fsp3) is 0.273. The summed E-state index contributed by atoms with van der Waals surface area (Å²) in [5.41, 5.74) is 0.291. The van der Waals surface area contributed by atoms with Crippen LogP contribution < -0.4 is 9.62 Å². The Morgan fingerprint density at radius 3 is 2.39 bits per heavy atom. The van der Waals surface area contributed by atoms with Gasteiger partial charge in [-0.15, -0.1) is 6.58 Å². The lowest BCUT2D eigenvalue weighted by molar-refractivity contribution is -0.129. The van der Waals surface area contributed by atoms with E-state index in [1.165, 1.54) is 25.1 Å². The zero-order valence-corrected chi connectivity index (χ0v) is 19.1. The van der Waals surface area contributed by atoms with Gasteiger partial charge in [0.25, 0.3) is 15.9 Å². The van der Waals surface area contributed by atoms with Crippen LogP contribution >= 0.6 is 11.6 Å². The number of rotatable bonds is 9. The van der Waals surface area contributed by atoms with Gasteiger partial charge in [0.2, 0.25) is 0 Å². The fourth-order valence-corrected chi connectivity index (χ4v) is 4.34. The van der Waals surface area contributed by atoms with E-state index >= 15 is 0 Å². The van der Waals surface area contributed by atoms with Crippen LogP contribution in [0.25, 0.3) is 0 Å². The first-order valence-electron chi connectivity index (χ1n) is 9.57. The maximum Gasteiger partial charge on any atom is 0.340 e. The van der Waals surface area contributed by atoms with Crippen LogP contribution in [0.1, 0.15) is 31.1 Å². The number of hydrogen-bond donors (Lipinski definition) is 1. The van der Waals surface area contributed by atoms with Gasteiger partial charge in [0.15, 0.2) is 6.10 Å². The van der Waals surface area contributed by atoms with Gasteiger partial charge >= 0.3 is 5.97 Å². The summed E-state index contributed by atoms with van der Waals surface area (Å²) in [6.07, 6.45) is 0.387. The second-order valence-electron chi connectivity index (χ2n) is 7.01. The van der Waals surface area contributed by atoms with Crippen molar-refractivity contribution in [2.24, 2.45) is 0 Å². The van der Waals surface area contributed by atoms with E-state index in [-0.39, 0.29) is 28.1 Å². The van der Waals surface area contributed by atoms with Gasteiger partial charge in [-0.05, 0) is 51.1 Å². The van der Waals surface area contributed by atoms with E-state index in [1.807, 2.05) is 0 Å². The zero-order chi connectivity index (χ0) is 23.2. The van der Waals surface area contributed by atoms with Gasteiger partial charge in [-0.1, -0.05) is 35.9 Å². The highest BCUT2D eigenvalue weighted by molar-refractivity contribution is 7.92. The number of sulfonamides is 1. The molecule has 2 aromatic rings. The quantitative estimate of drug-likeness (QED) is 0.450. The molecule has 0 radical (unpaired) electrons. The Bertz CT molecular complexity index is 1050. The highest BCUT2D eigenvalue weighted by atomic mass is 35.5. The number of halogens is 1. The van der Waals surface area contributed by atoms with E-state index in [2.05, 4.69) is 11.9 Å². The van der Waals surface area contributed by atoms with Crippen LogP contribution in [-0.4, -0.2) is 39.0 Å². The van der Waals surface area contributed by atoms with Gasteiger partial charge in [-0.25, -0.2) is 13.2 Å². The topological polar surface area (TPSA) is 92.8 Å². The van der Waals surface area contributed by atoms with E-state index in [4.69, 9.17) is 16.3 Å². The van der Waals surface area contributed by atoms with Crippen molar-refractivity contribution in [1.29, 1.82) is 0 Å². The van der Waals surface area contributed by atoms with Gasteiger partial charge in [-0.2, -0.15) is 0 Å². The summed E-state index contributed by atoms with van der Waals surface area (Å²) in [4.78, 5) is 24.5. The van der Waals surface area contributed by atoms with Gasteiger partial charge in [0, 0.05) is 6.04 Å². The molecule has 0 fully saturated rings. The zero-order valence-electron chi connectivity index (χ0n) is 17.5. The third-order valence-electron chi connectivity index (χ3n) is 4.17. The average Bonchev–Trinajstić information content (AvgIpc) is 2.72. The van der Waals surface area contributed by atoms with Crippen LogP contribution in [-0.2, 0) is 19.6 Å². The Balaban J connectivity index is 2.37. The van der Waals surface area contributed by atoms with Crippen LogP contribution in [0, 0.1) is 0 Å². The number of nitrogens with one attached hydrogen (secondary N) is 1. The lowest BCUT2D eigenvalue weighted by atomic mass is 10.2. The number of para-hydroxylation sites is 1. The fourth-order valence-electron chi connectivity index (χ4n) is 2.68. The van der Waals surface area contributed by atoms with Crippen molar-refractivity contribution in [3.63, 3.8) is 0 Å². The summed E-state index contributed by atoms with van der Waals surface area (Å²) in [7, 11) is -4.03. The molecule has 0 spiro atoms. The molecule has 1 atom stereocenters. The molecule has 2 aromatic carbocycles. The third-order valence-corrected chi connectivity index (χ3v) is 6.29. The SMILES string of the molecule is C=CCN(c1ccccc1)S(=O)(=O)c1ccc(Cl)c(C(=O)OC(C)C(=O)NC(C)C)c1. The van der Waals surface area contributed by atoms with Gasteiger partial charge < -0.3 is 10.1 Å². The molecule has 0 bridgehead atoms. The summed E-state index contributed by atoms with van der Waals surface area (Å²) < 4.78 is 32.9. The molecular formula is C22H25ClN2O5S. The number of ether oxygens (including phenoxy) is 1. The molecule has 1 amide bonds. The van der Waals surface area contributed by atoms with E-state index in [9.17, 15) is 18.0 Å². The highest BCUT2D eigenvalue weighted by Gasteiger charge is 2.27. The molecule has 0 heterocycles. The molecule has 9 heteroatoms. The minimum absolute atomic E-state index is 0.00963. The molecule has 0 aliphatic heterocycles. The average molecular weight is 465 g/mol. The van der Waals surface area contributed by atoms with Gasteiger partial charge in [0.1, 0.15) is 0 Å². The summed E-state index contributed by atoms with van der Waals surface area (Å²) in [5, 5.41) is 2.65. The van der Waals surface area contributed by atoms with E-state index in [1.54, 1.807) is 44.2 Å². The smallest absolute Gasteiger partial charge is 0.340 e. The Morgan fingerprint density at radius 1 is 1.16 bits per heavy atom. The summed E-state index contributed by atoms with van der Waals surface area (Å²) >= 11 is 6.12. The van der Waals surface area contributed by atoms with Crippen molar-refractivity contribution in [3.8, 4) is 0 Å². The number of benzene rings is 2. The predicted octanol–water partition coefficient (Wildman–Crippen LogP) is 3.79. The molecule has 2 rings (SSSR count). The first-order valence-corrected chi connectivity index (χ1v) is 11.4. The number of esters is 1. The normalized spacial score (nSPS) is 12.2. The van der Waals surface area contributed by atoms with Crippen molar-refractivity contribution in [2.45, 2.75) is 37.8 Å². The van der Waals surface area contributed by atoms with Crippen LogP contribution in [0.15, 0.2) is 66.1 Å². The minimum atomic E-state index is -4.03. The van der Waals surface area contributed by atoms with Gasteiger partial charge in [-0.3, -0.25) is 9.10 Å². The number of carbonyl (C=O) groups excluding carboxylic acids is 2. The first-order chi connectivity index (χ1) is 14.6. The van der Waals surface area contributed by atoms with E-state index < -0.39 is 28.0 Å². The lowest BCUT2D eigenvalue weighted by Crippen LogP contribution is -2.39. The van der Waals surface area contributed by atoms with Crippen LogP contribution in [0.5, 0.6) is 0 Å². The van der Waals surface area contributed by atoms with Crippen molar-refractivity contribution < 1.29 is 22.7 Å². The molecule has 0 saturated heterocycles. The van der Waals surface area contributed by atoms with Crippen LogP contribution in [0.4, 0.5) is 5.69 Å². The highest BCUT2D eigenvalue weighted by Crippen LogP contribution is 2.27. The molecular weight excluding hydrogens is 440 g/mol. The summed E-state index contributed by atoms with van der Waals surface area (Å²) in [5.74, 6) is -1.37. The van der Waals surface area contributed by atoms with Crippen molar-refractivity contribution in [3.05, 3.63) is 71.8 Å². The maximum atomic E-state index is 13.3. The number of anilines is 1. The van der Waals surface area contributed by atoms with Crippen LogP contribution in [0.2, 0.25) is 5.02 Å². The monoisotopic (exact) mass is 464 g/mol. The second-order valence-corrected chi connectivity index (χ2v) is 9.28. The maximum absolute atomic E-state index is 13.3. The largest absolute Gasteiger partial charge is 0.449 e. The Kier molecular flexibility index (Phi) is 8.24. The van der Waals surface area contributed by atoms with Crippen molar-refractivity contribution in [2.75, 3.05) is 10.8 Å². The second kappa shape index (κ2) is 10.5. The Morgan fingerprint density at radius 2 is 1.81 bits per heavy atom.